The number of halogens is 3. The van der Waals surface area contributed by atoms with E-state index in [1.165, 1.54) is 18.3 Å². The molecule has 21 heavy (non-hydrogen) atoms. The van der Waals surface area contributed by atoms with Gasteiger partial charge in [0.1, 0.15) is 0 Å². The van der Waals surface area contributed by atoms with Gasteiger partial charge in [-0.2, -0.15) is 23.3 Å². The summed E-state index contributed by atoms with van der Waals surface area (Å²) in [5, 5.41) is 13.4. The zero-order valence-electron chi connectivity index (χ0n) is 11.3. The van der Waals surface area contributed by atoms with Crippen LogP contribution in [0.5, 0.6) is 0 Å². The molecule has 1 heterocycles. The standard InChI is InChI=1S/C13H14F3N5/c1-2-7-17-11-8-18-21-12(20-11)19-10-5-3-9(4-6-10)13(14,15)16/h3-6,8H,2,7H2,1H3,(H2,17,19,20,21). The van der Waals surface area contributed by atoms with Crippen LogP contribution in [0.15, 0.2) is 30.5 Å². The number of hydrogen-bond donors (Lipinski definition) is 2. The molecule has 2 aromatic rings. The number of benzene rings is 1. The molecule has 8 heteroatoms. The molecule has 0 unspecified atom stereocenters. The van der Waals surface area contributed by atoms with Gasteiger partial charge < -0.3 is 10.6 Å². The predicted molar refractivity (Wildman–Crippen MR) is 73.3 cm³/mol. The van der Waals surface area contributed by atoms with E-state index in [2.05, 4.69) is 25.8 Å². The largest absolute Gasteiger partial charge is 0.416 e. The number of nitrogens with zero attached hydrogens (tertiary/aromatic N) is 3. The summed E-state index contributed by atoms with van der Waals surface area (Å²) in [7, 11) is 0. The second-order valence-corrected chi connectivity index (χ2v) is 4.29. The Balaban J connectivity index is 2.07. The van der Waals surface area contributed by atoms with Crippen LogP contribution in [-0.4, -0.2) is 21.7 Å². The summed E-state index contributed by atoms with van der Waals surface area (Å²) in [5.41, 5.74) is -0.247. The van der Waals surface area contributed by atoms with Gasteiger partial charge in [0.2, 0.25) is 5.95 Å². The molecule has 1 aromatic carbocycles. The summed E-state index contributed by atoms with van der Waals surface area (Å²) < 4.78 is 37.4. The Bertz CT molecular complexity index is 583. The smallest absolute Gasteiger partial charge is 0.369 e. The number of anilines is 3. The van der Waals surface area contributed by atoms with Crippen molar-refractivity contribution in [2.24, 2.45) is 0 Å². The van der Waals surface area contributed by atoms with Crippen LogP contribution in [0.1, 0.15) is 18.9 Å². The van der Waals surface area contributed by atoms with Crippen molar-refractivity contribution in [3.63, 3.8) is 0 Å². The minimum atomic E-state index is -4.35. The summed E-state index contributed by atoms with van der Waals surface area (Å²) in [6, 6.07) is 4.63. The summed E-state index contributed by atoms with van der Waals surface area (Å²) >= 11 is 0. The molecular formula is C13H14F3N5. The van der Waals surface area contributed by atoms with E-state index in [0.29, 0.717) is 11.5 Å². The Morgan fingerprint density at radius 1 is 1.14 bits per heavy atom. The van der Waals surface area contributed by atoms with Crippen LogP contribution in [-0.2, 0) is 6.18 Å². The first-order chi connectivity index (χ1) is 9.99. The molecule has 0 atom stereocenters. The summed E-state index contributed by atoms with van der Waals surface area (Å²) in [5.74, 6) is 0.775. The van der Waals surface area contributed by atoms with E-state index in [0.717, 1.165) is 25.1 Å². The lowest BCUT2D eigenvalue weighted by atomic mass is 10.2. The second kappa shape index (κ2) is 6.38. The minimum absolute atomic E-state index is 0.218. The predicted octanol–water partition coefficient (Wildman–Crippen LogP) is 3.46. The average Bonchev–Trinajstić information content (AvgIpc) is 2.45. The summed E-state index contributed by atoms with van der Waals surface area (Å²) in [4.78, 5) is 4.16. The first-order valence-corrected chi connectivity index (χ1v) is 6.37. The molecule has 0 saturated heterocycles. The highest BCUT2D eigenvalue weighted by Gasteiger charge is 2.29. The van der Waals surface area contributed by atoms with Gasteiger partial charge in [-0.25, -0.2) is 0 Å². The first kappa shape index (κ1) is 15.0. The van der Waals surface area contributed by atoms with Crippen molar-refractivity contribution < 1.29 is 13.2 Å². The van der Waals surface area contributed by atoms with Crippen LogP contribution in [0.4, 0.5) is 30.6 Å². The molecule has 0 aliphatic heterocycles. The van der Waals surface area contributed by atoms with Gasteiger partial charge in [-0.1, -0.05) is 6.92 Å². The summed E-state index contributed by atoms with van der Waals surface area (Å²) in [6.45, 7) is 2.77. The van der Waals surface area contributed by atoms with Crippen molar-refractivity contribution in [3.05, 3.63) is 36.0 Å². The highest BCUT2D eigenvalue weighted by atomic mass is 19.4. The zero-order chi connectivity index (χ0) is 15.3. The number of aromatic nitrogens is 3. The number of nitrogens with one attached hydrogen (secondary N) is 2. The third-order valence-corrected chi connectivity index (χ3v) is 2.58. The monoisotopic (exact) mass is 297 g/mol. The van der Waals surface area contributed by atoms with Gasteiger partial charge in [0.25, 0.3) is 0 Å². The maximum absolute atomic E-state index is 12.5. The van der Waals surface area contributed by atoms with E-state index < -0.39 is 11.7 Å². The van der Waals surface area contributed by atoms with Gasteiger partial charge in [-0.15, -0.1) is 5.10 Å². The number of hydrogen-bond acceptors (Lipinski definition) is 5. The van der Waals surface area contributed by atoms with Crippen LogP contribution in [0.25, 0.3) is 0 Å². The third kappa shape index (κ3) is 4.30. The molecule has 0 saturated carbocycles. The molecule has 0 aliphatic carbocycles. The number of rotatable bonds is 5. The van der Waals surface area contributed by atoms with E-state index in [4.69, 9.17) is 0 Å². The Kier molecular flexibility index (Phi) is 4.56. The SMILES string of the molecule is CCCNc1cnnc(Nc2ccc(C(F)(F)F)cc2)n1. The van der Waals surface area contributed by atoms with Gasteiger partial charge in [-0.05, 0) is 30.7 Å². The van der Waals surface area contributed by atoms with E-state index in [1.54, 1.807) is 0 Å². The van der Waals surface area contributed by atoms with E-state index in [9.17, 15) is 13.2 Å². The van der Waals surface area contributed by atoms with Gasteiger partial charge >= 0.3 is 6.18 Å². The van der Waals surface area contributed by atoms with Crippen LogP contribution in [0.2, 0.25) is 0 Å². The van der Waals surface area contributed by atoms with Crippen LogP contribution in [0.3, 0.4) is 0 Å². The van der Waals surface area contributed by atoms with Gasteiger partial charge in [-0.3, -0.25) is 0 Å². The molecule has 0 aliphatic rings. The van der Waals surface area contributed by atoms with Crippen molar-refractivity contribution in [2.45, 2.75) is 19.5 Å². The molecule has 0 fully saturated rings. The van der Waals surface area contributed by atoms with Gasteiger partial charge in [0, 0.05) is 12.2 Å². The van der Waals surface area contributed by atoms with Crippen molar-refractivity contribution in [3.8, 4) is 0 Å². The Labute approximate surface area is 119 Å². The molecule has 5 nitrogen and oxygen atoms in total. The Morgan fingerprint density at radius 3 is 2.48 bits per heavy atom. The van der Waals surface area contributed by atoms with Crippen molar-refractivity contribution in [1.82, 2.24) is 15.2 Å². The lowest BCUT2D eigenvalue weighted by Gasteiger charge is -2.09. The second-order valence-electron chi connectivity index (χ2n) is 4.29. The van der Waals surface area contributed by atoms with Gasteiger partial charge in [0.05, 0.1) is 11.8 Å². The van der Waals surface area contributed by atoms with Crippen molar-refractivity contribution in [2.75, 3.05) is 17.2 Å². The third-order valence-electron chi connectivity index (χ3n) is 2.58. The van der Waals surface area contributed by atoms with Crippen LogP contribution in [0, 0.1) is 0 Å². The topological polar surface area (TPSA) is 62.7 Å². The van der Waals surface area contributed by atoms with Crippen molar-refractivity contribution in [1.29, 1.82) is 0 Å². The van der Waals surface area contributed by atoms with Gasteiger partial charge in [0.15, 0.2) is 5.82 Å². The maximum atomic E-state index is 12.5. The number of alkyl halides is 3. The van der Waals surface area contributed by atoms with E-state index in [-0.39, 0.29) is 5.95 Å². The Hall–Kier alpha value is -2.38. The zero-order valence-corrected chi connectivity index (χ0v) is 11.3. The van der Waals surface area contributed by atoms with Crippen LogP contribution >= 0.6 is 0 Å². The fourth-order valence-corrected chi connectivity index (χ4v) is 1.57. The fraction of sp³-hybridized carbons (Fsp3) is 0.308. The Morgan fingerprint density at radius 2 is 1.86 bits per heavy atom. The molecule has 0 spiro atoms. The lowest BCUT2D eigenvalue weighted by Crippen LogP contribution is -2.07. The quantitative estimate of drug-likeness (QED) is 0.885. The molecule has 0 amide bonds. The molecule has 0 radical (unpaired) electrons. The molecule has 2 rings (SSSR count). The normalized spacial score (nSPS) is 11.2. The lowest BCUT2D eigenvalue weighted by molar-refractivity contribution is -0.137. The van der Waals surface area contributed by atoms with Crippen molar-refractivity contribution >= 4 is 17.5 Å². The highest BCUT2D eigenvalue weighted by molar-refractivity contribution is 5.54. The van der Waals surface area contributed by atoms with E-state index >= 15 is 0 Å². The first-order valence-electron chi connectivity index (χ1n) is 6.37. The minimum Gasteiger partial charge on any atom is -0.369 e. The molecule has 0 bridgehead atoms. The van der Waals surface area contributed by atoms with Crippen LogP contribution < -0.4 is 10.6 Å². The molecule has 2 N–H and O–H groups in total. The average molecular weight is 297 g/mol. The molecule has 112 valence electrons. The highest BCUT2D eigenvalue weighted by Crippen LogP contribution is 2.30. The molecule has 1 aromatic heterocycles. The van der Waals surface area contributed by atoms with E-state index in [1.807, 2.05) is 6.92 Å². The fourth-order valence-electron chi connectivity index (χ4n) is 1.57. The maximum Gasteiger partial charge on any atom is 0.416 e. The molecular weight excluding hydrogens is 283 g/mol. The summed E-state index contributed by atoms with van der Waals surface area (Å²) in [6.07, 6.45) is -1.93.